The molecule has 0 spiro atoms. The van der Waals surface area contributed by atoms with Gasteiger partial charge in [-0.2, -0.15) is 0 Å². The lowest BCUT2D eigenvalue weighted by Gasteiger charge is -2.18. The van der Waals surface area contributed by atoms with E-state index in [2.05, 4.69) is 23.1 Å². The summed E-state index contributed by atoms with van der Waals surface area (Å²) in [5.74, 6) is 3.28. The third kappa shape index (κ3) is 4.46. The summed E-state index contributed by atoms with van der Waals surface area (Å²) in [5.41, 5.74) is 3.28. The first kappa shape index (κ1) is 19.2. The summed E-state index contributed by atoms with van der Waals surface area (Å²) < 4.78 is 22.4. The van der Waals surface area contributed by atoms with E-state index < -0.39 is 0 Å². The largest absolute Gasteiger partial charge is 0.497 e. The van der Waals surface area contributed by atoms with Gasteiger partial charge in [-0.1, -0.05) is 18.2 Å². The van der Waals surface area contributed by atoms with Gasteiger partial charge in [0.15, 0.2) is 11.5 Å². The molecule has 0 aliphatic carbocycles. The van der Waals surface area contributed by atoms with Gasteiger partial charge in [0.1, 0.15) is 18.1 Å². The normalized spacial score (nSPS) is 14.3. The van der Waals surface area contributed by atoms with E-state index in [-0.39, 0.29) is 0 Å². The lowest BCUT2D eigenvalue weighted by atomic mass is 10.0. The van der Waals surface area contributed by atoms with Crippen LogP contribution >= 0.6 is 0 Å². The Morgan fingerprint density at radius 2 is 1.97 bits per heavy atom. The molecule has 4 rings (SSSR count). The van der Waals surface area contributed by atoms with Gasteiger partial charge in [0.2, 0.25) is 0 Å². The van der Waals surface area contributed by atoms with Crippen LogP contribution in [0.4, 0.5) is 0 Å². The van der Waals surface area contributed by atoms with Gasteiger partial charge in [0, 0.05) is 25.2 Å². The maximum Gasteiger partial charge on any atom is 0.165 e. The molecule has 0 saturated carbocycles. The Kier molecular flexibility index (Phi) is 5.86. The smallest absolute Gasteiger partial charge is 0.165 e. The van der Waals surface area contributed by atoms with Gasteiger partial charge in [-0.3, -0.25) is 4.90 Å². The molecule has 0 amide bonds. The van der Waals surface area contributed by atoms with Crippen molar-refractivity contribution in [1.82, 2.24) is 4.90 Å². The molecular formula is C24H25NO4. The Morgan fingerprint density at radius 1 is 1.03 bits per heavy atom. The fraction of sp³-hybridized carbons (Fsp3) is 0.250. The first-order valence-corrected chi connectivity index (χ1v) is 9.67. The number of hydrogen-bond acceptors (Lipinski definition) is 5. The molecule has 2 heterocycles. The first-order chi connectivity index (χ1) is 14.3. The highest BCUT2D eigenvalue weighted by atomic mass is 16.5. The molecule has 2 aromatic carbocycles. The van der Waals surface area contributed by atoms with Gasteiger partial charge in [0.25, 0.3) is 0 Å². The number of methoxy groups -OCH3 is 2. The average molecular weight is 391 g/mol. The molecule has 0 unspecified atom stereocenters. The number of ether oxygens (including phenoxy) is 3. The fourth-order valence-electron chi connectivity index (χ4n) is 3.52. The van der Waals surface area contributed by atoms with Crippen LogP contribution < -0.4 is 14.2 Å². The average Bonchev–Trinajstić information content (AvgIpc) is 3.19. The molecule has 1 aliphatic rings. The number of nitrogens with zero attached hydrogens (tertiary/aromatic N) is 1. The Morgan fingerprint density at radius 3 is 2.76 bits per heavy atom. The molecule has 5 heteroatoms. The van der Waals surface area contributed by atoms with E-state index in [1.165, 1.54) is 0 Å². The third-order valence-electron chi connectivity index (χ3n) is 4.99. The summed E-state index contributed by atoms with van der Waals surface area (Å²) in [5, 5.41) is 0. The molecule has 5 nitrogen and oxygen atoms in total. The highest BCUT2D eigenvalue weighted by molar-refractivity contribution is 5.70. The number of furan rings is 1. The first-order valence-electron chi connectivity index (χ1n) is 9.67. The monoisotopic (exact) mass is 391 g/mol. The van der Waals surface area contributed by atoms with Gasteiger partial charge < -0.3 is 18.6 Å². The van der Waals surface area contributed by atoms with Crippen molar-refractivity contribution >= 4 is 6.08 Å². The van der Waals surface area contributed by atoms with Crippen LogP contribution in [0.1, 0.15) is 11.3 Å². The molecule has 1 aliphatic heterocycles. The second-order valence-corrected chi connectivity index (χ2v) is 6.90. The van der Waals surface area contributed by atoms with E-state index >= 15 is 0 Å². The van der Waals surface area contributed by atoms with Crippen molar-refractivity contribution in [3.63, 3.8) is 0 Å². The van der Waals surface area contributed by atoms with Gasteiger partial charge in [-0.15, -0.1) is 0 Å². The SMILES string of the molecule is COc1cccc(-c2cc3c(c(OC)c2)OCCN(CC=Cc2ccco2)C3)c1. The van der Waals surface area contributed by atoms with Crippen LogP contribution in [-0.4, -0.2) is 38.8 Å². The van der Waals surface area contributed by atoms with Crippen molar-refractivity contribution in [2.75, 3.05) is 33.9 Å². The topological polar surface area (TPSA) is 44.1 Å². The minimum Gasteiger partial charge on any atom is -0.497 e. The minimum absolute atomic E-state index is 0.621. The van der Waals surface area contributed by atoms with Crippen LogP contribution in [0.3, 0.4) is 0 Å². The fourth-order valence-corrected chi connectivity index (χ4v) is 3.52. The minimum atomic E-state index is 0.621. The lowest BCUT2D eigenvalue weighted by molar-refractivity contribution is 0.238. The molecule has 0 fully saturated rings. The van der Waals surface area contributed by atoms with E-state index in [0.29, 0.717) is 6.61 Å². The van der Waals surface area contributed by atoms with Gasteiger partial charge in [-0.25, -0.2) is 0 Å². The Balaban J connectivity index is 1.60. The molecule has 3 aromatic rings. The highest BCUT2D eigenvalue weighted by Crippen LogP contribution is 2.38. The molecular weight excluding hydrogens is 366 g/mol. The Labute approximate surface area is 171 Å². The quantitative estimate of drug-likeness (QED) is 0.600. The van der Waals surface area contributed by atoms with E-state index in [1.807, 2.05) is 42.5 Å². The summed E-state index contributed by atoms with van der Waals surface area (Å²) in [6.07, 6.45) is 5.80. The predicted octanol–water partition coefficient (Wildman–Crippen LogP) is 4.87. The van der Waals surface area contributed by atoms with E-state index in [1.54, 1.807) is 20.5 Å². The van der Waals surface area contributed by atoms with Crippen molar-refractivity contribution in [2.45, 2.75) is 6.54 Å². The highest BCUT2D eigenvalue weighted by Gasteiger charge is 2.20. The number of hydrogen-bond donors (Lipinski definition) is 0. The zero-order valence-electron chi connectivity index (χ0n) is 16.8. The molecule has 1 aromatic heterocycles. The van der Waals surface area contributed by atoms with Crippen molar-refractivity contribution in [2.24, 2.45) is 0 Å². The van der Waals surface area contributed by atoms with Crippen LogP contribution in [0.5, 0.6) is 17.2 Å². The molecule has 0 saturated heterocycles. The van der Waals surface area contributed by atoms with Crippen LogP contribution in [-0.2, 0) is 6.54 Å². The zero-order valence-corrected chi connectivity index (χ0v) is 16.8. The van der Waals surface area contributed by atoms with E-state index in [0.717, 1.165) is 59.3 Å². The van der Waals surface area contributed by atoms with Gasteiger partial charge in [-0.05, 0) is 53.6 Å². The Bertz CT molecular complexity index is 979. The Hall–Kier alpha value is -3.18. The maximum atomic E-state index is 6.05. The standard InChI is InChI=1S/C24H25NO4/c1-26-22-7-3-6-18(15-22)19-14-20-17-25(10-4-8-21-9-5-12-28-21)11-13-29-24(20)23(16-19)27-2/h3-9,12,14-16H,10-11,13,17H2,1-2H3. The van der Waals surface area contributed by atoms with Crippen molar-refractivity contribution in [3.8, 4) is 28.4 Å². The van der Waals surface area contributed by atoms with Crippen molar-refractivity contribution in [1.29, 1.82) is 0 Å². The maximum absolute atomic E-state index is 6.05. The summed E-state index contributed by atoms with van der Waals surface area (Å²) in [4.78, 5) is 2.35. The summed E-state index contributed by atoms with van der Waals surface area (Å²) in [7, 11) is 3.36. The van der Waals surface area contributed by atoms with Gasteiger partial charge >= 0.3 is 0 Å². The second-order valence-electron chi connectivity index (χ2n) is 6.90. The predicted molar refractivity (Wildman–Crippen MR) is 113 cm³/mol. The molecule has 0 N–H and O–H groups in total. The third-order valence-corrected chi connectivity index (χ3v) is 4.99. The van der Waals surface area contributed by atoms with Crippen LogP contribution in [0.2, 0.25) is 0 Å². The molecule has 0 atom stereocenters. The van der Waals surface area contributed by atoms with Crippen LogP contribution in [0.15, 0.2) is 65.3 Å². The number of rotatable bonds is 6. The lowest BCUT2D eigenvalue weighted by Crippen LogP contribution is -2.25. The second kappa shape index (κ2) is 8.88. The molecule has 0 radical (unpaired) electrons. The van der Waals surface area contributed by atoms with Crippen LogP contribution in [0.25, 0.3) is 17.2 Å². The van der Waals surface area contributed by atoms with Crippen molar-refractivity contribution < 1.29 is 18.6 Å². The molecule has 0 bridgehead atoms. The summed E-state index contributed by atoms with van der Waals surface area (Å²) in [6.45, 7) is 3.06. The van der Waals surface area contributed by atoms with Crippen molar-refractivity contribution in [3.05, 3.63) is 72.2 Å². The van der Waals surface area contributed by atoms with E-state index in [9.17, 15) is 0 Å². The van der Waals surface area contributed by atoms with E-state index in [4.69, 9.17) is 18.6 Å². The molecule has 29 heavy (non-hydrogen) atoms. The number of benzene rings is 2. The summed E-state index contributed by atoms with van der Waals surface area (Å²) in [6, 6.07) is 16.1. The van der Waals surface area contributed by atoms with Gasteiger partial charge in [0.05, 0.1) is 20.5 Å². The summed E-state index contributed by atoms with van der Waals surface area (Å²) >= 11 is 0. The number of fused-ring (bicyclic) bond motifs is 1. The van der Waals surface area contributed by atoms with Crippen LogP contribution in [0, 0.1) is 0 Å². The molecule has 150 valence electrons. The zero-order chi connectivity index (χ0) is 20.1.